The molecule has 0 radical (unpaired) electrons. The van der Waals surface area contributed by atoms with Crippen LogP contribution < -0.4 is 5.32 Å². The van der Waals surface area contributed by atoms with Crippen LogP contribution in [0.25, 0.3) is 0 Å². The van der Waals surface area contributed by atoms with Crippen LogP contribution in [0.15, 0.2) is 0 Å². The van der Waals surface area contributed by atoms with Gasteiger partial charge in [0.1, 0.15) is 0 Å². The lowest BCUT2D eigenvalue weighted by molar-refractivity contribution is -0.137. The molecule has 19 heavy (non-hydrogen) atoms. The van der Waals surface area contributed by atoms with Crippen molar-refractivity contribution in [2.24, 2.45) is 0 Å². The zero-order valence-corrected chi connectivity index (χ0v) is 11.9. The molecule has 0 aromatic carbocycles. The number of amides is 1. The number of hydrogen-bond acceptors (Lipinski definition) is 3. The van der Waals surface area contributed by atoms with Crippen LogP contribution in [-0.2, 0) is 4.79 Å². The maximum Gasteiger partial charge on any atom is 0.239 e. The molecule has 1 amide bonds. The highest BCUT2D eigenvalue weighted by molar-refractivity contribution is 5.82. The molecule has 0 bridgehead atoms. The third-order valence-corrected chi connectivity index (χ3v) is 5.01. The standard InChI is InChI=1S/C15H27N3O/c19-15(14-7-2-1-4-8-16-14)18-11-10-17-9-5-3-6-13(17)12-18/h13-14,16H,1-12H2. The highest BCUT2D eigenvalue weighted by Gasteiger charge is 2.33. The summed E-state index contributed by atoms with van der Waals surface area (Å²) < 4.78 is 0. The van der Waals surface area contributed by atoms with Gasteiger partial charge in [-0.05, 0) is 38.8 Å². The van der Waals surface area contributed by atoms with Crippen molar-refractivity contribution < 1.29 is 4.79 Å². The van der Waals surface area contributed by atoms with E-state index in [-0.39, 0.29) is 6.04 Å². The summed E-state index contributed by atoms with van der Waals surface area (Å²) in [5.41, 5.74) is 0. The van der Waals surface area contributed by atoms with E-state index in [1.165, 1.54) is 45.1 Å². The molecule has 1 N–H and O–H groups in total. The van der Waals surface area contributed by atoms with E-state index < -0.39 is 0 Å². The molecule has 4 heteroatoms. The van der Waals surface area contributed by atoms with E-state index in [9.17, 15) is 4.79 Å². The van der Waals surface area contributed by atoms with E-state index in [1.807, 2.05) is 0 Å². The predicted octanol–water partition coefficient (Wildman–Crippen LogP) is 1.22. The predicted molar refractivity (Wildman–Crippen MR) is 76.1 cm³/mol. The summed E-state index contributed by atoms with van der Waals surface area (Å²) in [6.45, 7) is 5.25. The Hall–Kier alpha value is -0.610. The Bertz CT molecular complexity index is 313. The number of rotatable bonds is 1. The third-order valence-electron chi connectivity index (χ3n) is 5.01. The summed E-state index contributed by atoms with van der Waals surface area (Å²) in [6, 6.07) is 0.731. The van der Waals surface area contributed by atoms with Crippen molar-refractivity contribution in [1.29, 1.82) is 0 Å². The Morgan fingerprint density at radius 3 is 2.79 bits per heavy atom. The van der Waals surface area contributed by atoms with Crippen LogP contribution in [0.2, 0.25) is 0 Å². The van der Waals surface area contributed by atoms with Crippen LogP contribution >= 0.6 is 0 Å². The molecule has 0 aromatic heterocycles. The van der Waals surface area contributed by atoms with Gasteiger partial charge in [0, 0.05) is 25.7 Å². The van der Waals surface area contributed by atoms with E-state index in [0.29, 0.717) is 11.9 Å². The minimum atomic E-state index is 0.0950. The Labute approximate surface area is 116 Å². The second kappa shape index (κ2) is 6.23. The summed E-state index contributed by atoms with van der Waals surface area (Å²) in [7, 11) is 0. The molecule has 0 saturated carbocycles. The van der Waals surface area contributed by atoms with Gasteiger partial charge in [0.05, 0.1) is 6.04 Å². The van der Waals surface area contributed by atoms with Gasteiger partial charge in [-0.1, -0.05) is 19.3 Å². The monoisotopic (exact) mass is 265 g/mol. The normalized spacial score (nSPS) is 33.6. The second-order valence-electron chi connectivity index (χ2n) is 6.33. The van der Waals surface area contributed by atoms with Crippen molar-refractivity contribution in [2.45, 2.75) is 57.0 Å². The van der Waals surface area contributed by atoms with Gasteiger partial charge in [0.15, 0.2) is 0 Å². The van der Waals surface area contributed by atoms with Crippen LogP contribution in [-0.4, -0.2) is 60.5 Å². The van der Waals surface area contributed by atoms with Crippen molar-refractivity contribution in [3.8, 4) is 0 Å². The molecule has 2 unspecified atom stereocenters. The zero-order chi connectivity index (χ0) is 13.1. The fourth-order valence-corrected chi connectivity index (χ4v) is 3.82. The lowest BCUT2D eigenvalue weighted by Crippen LogP contribution is -2.59. The largest absolute Gasteiger partial charge is 0.338 e. The van der Waals surface area contributed by atoms with Gasteiger partial charge in [-0.15, -0.1) is 0 Å². The minimum absolute atomic E-state index is 0.0950. The minimum Gasteiger partial charge on any atom is -0.338 e. The maximum absolute atomic E-state index is 12.6. The molecule has 3 rings (SSSR count). The van der Waals surface area contributed by atoms with Crippen LogP contribution in [0, 0.1) is 0 Å². The van der Waals surface area contributed by atoms with Gasteiger partial charge >= 0.3 is 0 Å². The maximum atomic E-state index is 12.6. The number of piperazine rings is 1. The first-order valence-corrected chi connectivity index (χ1v) is 8.11. The summed E-state index contributed by atoms with van der Waals surface area (Å²) >= 11 is 0. The number of carbonyl (C=O) groups is 1. The lowest BCUT2D eigenvalue weighted by atomic mass is 9.99. The van der Waals surface area contributed by atoms with Gasteiger partial charge in [-0.2, -0.15) is 0 Å². The molecule has 3 aliphatic heterocycles. The molecule has 3 aliphatic rings. The van der Waals surface area contributed by atoms with Crippen molar-refractivity contribution in [3.63, 3.8) is 0 Å². The highest BCUT2D eigenvalue weighted by Crippen LogP contribution is 2.22. The average Bonchev–Trinajstić information content (AvgIpc) is 2.75. The molecule has 0 spiro atoms. The van der Waals surface area contributed by atoms with Crippen molar-refractivity contribution >= 4 is 5.91 Å². The van der Waals surface area contributed by atoms with Crippen LogP contribution in [0.4, 0.5) is 0 Å². The number of nitrogens with zero attached hydrogens (tertiary/aromatic N) is 2. The van der Waals surface area contributed by atoms with Gasteiger partial charge in [-0.3, -0.25) is 9.69 Å². The first-order valence-electron chi connectivity index (χ1n) is 8.11. The van der Waals surface area contributed by atoms with Crippen LogP contribution in [0.5, 0.6) is 0 Å². The number of piperidine rings is 1. The molecule has 2 atom stereocenters. The van der Waals surface area contributed by atoms with E-state index in [2.05, 4.69) is 15.1 Å². The fraction of sp³-hybridized carbons (Fsp3) is 0.933. The quantitative estimate of drug-likeness (QED) is 0.774. The lowest BCUT2D eigenvalue weighted by Gasteiger charge is -2.44. The van der Waals surface area contributed by atoms with Crippen molar-refractivity contribution in [2.75, 3.05) is 32.7 Å². The Balaban J connectivity index is 1.57. The topological polar surface area (TPSA) is 35.6 Å². The van der Waals surface area contributed by atoms with Gasteiger partial charge in [0.25, 0.3) is 0 Å². The third kappa shape index (κ3) is 3.11. The van der Waals surface area contributed by atoms with E-state index in [1.54, 1.807) is 0 Å². The Morgan fingerprint density at radius 2 is 1.84 bits per heavy atom. The van der Waals surface area contributed by atoms with Gasteiger partial charge < -0.3 is 10.2 Å². The first kappa shape index (κ1) is 13.4. The Kier molecular flexibility index (Phi) is 4.38. The molecule has 3 saturated heterocycles. The number of carbonyl (C=O) groups excluding carboxylic acids is 1. The van der Waals surface area contributed by atoms with E-state index in [4.69, 9.17) is 0 Å². The van der Waals surface area contributed by atoms with Crippen molar-refractivity contribution in [1.82, 2.24) is 15.1 Å². The Morgan fingerprint density at radius 1 is 0.947 bits per heavy atom. The fourth-order valence-electron chi connectivity index (χ4n) is 3.82. The average molecular weight is 265 g/mol. The second-order valence-corrected chi connectivity index (χ2v) is 6.33. The summed E-state index contributed by atoms with van der Waals surface area (Å²) in [5, 5.41) is 3.45. The molecule has 3 fully saturated rings. The molecule has 0 aromatic rings. The molecule has 3 heterocycles. The summed E-state index contributed by atoms with van der Waals surface area (Å²) in [6.07, 6.45) is 8.69. The van der Waals surface area contributed by atoms with Crippen LogP contribution in [0.3, 0.4) is 0 Å². The molecule has 4 nitrogen and oxygen atoms in total. The highest BCUT2D eigenvalue weighted by atomic mass is 16.2. The molecular formula is C15H27N3O. The van der Waals surface area contributed by atoms with Gasteiger partial charge in [0.2, 0.25) is 5.91 Å². The number of hydrogen-bond donors (Lipinski definition) is 1. The van der Waals surface area contributed by atoms with E-state index >= 15 is 0 Å². The smallest absolute Gasteiger partial charge is 0.239 e. The molecule has 0 aliphatic carbocycles. The molecular weight excluding hydrogens is 238 g/mol. The van der Waals surface area contributed by atoms with Gasteiger partial charge in [-0.25, -0.2) is 0 Å². The van der Waals surface area contributed by atoms with Crippen LogP contribution in [0.1, 0.15) is 44.9 Å². The number of nitrogens with one attached hydrogen (secondary N) is 1. The first-order chi connectivity index (χ1) is 9.34. The molecule has 108 valence electrons. The number of fused-ring (bicyclic) bond motifs is 1. The summed E-state index contributed by atoms with van der Waals surface area (Å²) in [4.78, 5) is 17.4. The summed E-state index contributed by atoms with van der Waals surface area (Å²) in [5.74, 6) is 0.368. The SMILES string of the molecule is O=C(C1CCCCCN1)N1CCN2CCCCC2C1. The zero-order valence-electron chi connectivity index (χ0n) is 11.9. The van der Waals surface area contributed by atoms with Crippen molar-refractivity contribution in [3.05, 3.63) is 0 Å². The van der Waals surface area contributed by atoms with E-state index in [0.717, 1.165) is 32.6 Å².